The van der Waals surface area contributed by atoms with Gasteiger partial charge >= 0.3 is 0 Å². The zero-order valence-electron chi connectivity index (χ0n) is 11.0. The van der Waals surface area contributed by atoms with Crippen LogP contribution in [0.5, 0.6) is 11.6 Å². The minimum absolute atomic E-state index is 0.204. The topological polar surface area (TPSA) is 34.1 Å². The Kier molecular flexibility index (Phi) is 4.67. The summed E-state index contributed by atoms with van der Waals surface area (Å²) in [6.45, 7) is 2.51. The number of nitrogens with one attached hydrogen (secondary N) is 1. The number of hydrogen-bond acceptors (Lipinski definition) is 3. The summed E-state index contributed by atoms with van der Waals surface area (Å²) in [6.07, 6.45) is 0. The molecular formula is C14H13BrF2N2O. The van der Waals surface area contributed by atoms with E-state index in [9.17, 15) is 8.78 Å². The van der Waals surface area contributed by atoms with Crippen LogP contribution in [-0.2, 0) is 6.54 Å². The van der Waals surface area contributed by atoms with E-state index in [4.69, 9.17) is 4.74 Å². The van der Waals surface area contributed by atoms with Gasteiger partial charge in [0.1, 0.15) is 0 Å². The van der Waals surface area contributed by atoms with Crippen LogP contribution in [0.4, 0.5) is 8.78 Å². The van der Waals surface area contributed by atoms with Gasteiger partial charge in [0.15, 0.2) is 11.6 Å². The first-order chi connectivity index (χ1) is 9.51. The molecule has 0 saturated carbocycles. The largest absolute Gasteiger partial charge is 0.436 e. The predicted octanol–water partition coefficient (Wildman–Crippen LogP) is 3.94. The second-order valence-electron chi connectivity index (χ2n) is 4.23. The molecule has 0 bridgehead atoms. The summed E-state index contributed by atoms with van der Waals surface area (Å²) < 4.78 is 32.6. The molecule has 2 aromatic rings. The monoisotopic (exact) mass is 342 g/mol. The lowest BCUT2D eigenvalue weighted by Crippen LogP contribution is -2.07. The summed E-state index contributed by atoms with van der Waals surface area (Å²) in [6, 6.07) is 5.85. The van der Waals surface area contributed by atoms with Crippen LogP contribution in [0, 0.1) is 18.6 Å². The van der Waals surface area contributed by atoms with Gasteiger partial charge in [0, 0.05) is 22.8 Å². The number of pyridine rings is 1. The lowest BCUT2D eigenvalue weighted by molar-refractivity contribution is 0.404. The maximum Gasteiger partial charge on any atom is 0.219 e. The summed E-state index contributed by atoms with van der Waals surface area (Å²) >= 11 is 3.09. The smallest absolute Gasteiger partial charge is 0.219 e. The molecule has 0 aliphatic rings. The van der Waals surface area contributed by atoms with Crippen molar-refractivity contribution in [3.8, 4) is 11.6 Å². The van der Waals surface area contributed by atoms with Crippen LogP contribution >= 0.6 is 15.9 Å². The van der Waals surface area contributed by atoms with Crippen molar-refractivity contribution in [2.24, 2.45) is 0 Å². The van der Waals surface area contributed by atoms with Crippen LogP contribution in [0.3, 0.4) is 0 Å². The molecule has 0 saturated heterocycles. The van der Waals surface area contributed by atoms with Gasteiger partial charge in [0.25, 0.3) is 0 Å². The van der Waals surface area contributed by atoms with Crippen LogP contribution < -0.4 is 10.1 Å². The van der Waals surface area contributed by atoms with Gasteiger partial charge in [-0.3, -0.25) is 0 Å². The van der Waals surface area contributed by atoms with E-state index in [1.165, 1.54) is 6.07 Å². The number of rotatable bonds is 4. The fourth-order valence-electron chi connectivity index (χ4n) is 1.72. The van der Waals surface area contributed by atoms with Gasteiger partial charge in [-0.15, -0.1) is 0 Å². The third-order valence-electron chi connectivity index (χ3n) is 2.71. The molecule has 0 aliphatic carbocycles. The molecule has 2 rings (SSSR count). The zero-order valence-corrected chi connectivity index (χ0v) is 12.6. The zero-order chi connectivity index (χ0) is 14.7. The molecule has 3 nitrogen and oxygen atoms in total. The van der Waals surface area contributed by atoms with Crippen molar-refractivity contribution in [3.63, 3.8) is 0 Å². The van der Waals surface area contributed by atoms with Gasteiger partial charge in [0.05, 0.1) is 0 Å². The normalized spacial score (nSPS) is 10.7. The summed E-state index contributed by atoms with van der Waals surface area (Å²) in [5.74, 6) is -1.99. The Bertz CT molecular complexity index is 635. The number of benzene rings is 1. The third kappa shape index (κ3) is 3.32. The molecule has 1 aromatic heterocycles. The Morgan fingerprint density at radius 3 is 2.70 bits per heavy atom. The number of aryl methyl sites for hydroxylation is 1. The molecule has 0 aliphatic heterocycles. The van der Waals surface area contributed by atoms with E-state index < -0.39 is 11.6 Å². The van der Waals surface area contributed by atoms with E-state index in [2.05, 4.69) is 26.2 Å². The highest BCUT2D eigenvalue weighted by Crippen LogP contribution is 2.29. The third-order valence-corrected chi connectivity index (χ3v) is 3.17. The Balaban J connectivity index is 2.29. The highest BCUT2D eigenvalue weighted by molar-refractivity contribution is 9.10. The van der Waals surface area contributed by atoms with E-state index in [-0.39, 0.29) is 11.6 Å². The standard InChI is InChI=1S/C14H13BrF2N2O/c1-8-9(7-18-2)3-4-13(19-8)20-12-6-10(15)5-11(16)14(12)17/h3-6,18H,7H2,1-2H3. The average molecular weight is 343 g/mol. The highest BCUT2D eigenvalue weighted by atomic mass is 79.9. The number of hydrogen-bond donors (Lipinski definition) is 1. The van der Waals surface area contributed by atoms with Gasteiger partial charge in [-0.1, -0.05) is 22.0 Å². The fraction of sp³-hybridized carbons (Fsp3) is 0.214. The summed E-state index contributed by atoms with van der Waals surface area (Å²) in [7, 11) is 1.84. The first kappa shape index (κ1) is 14.9. The maximum absolute atomic E-state index is 13.6. The van der Waals surface area contributed by atoms with Gasteiger partial charge < -0.3 is 10.1 Å². The molecule has 0 unspecified atom stereocenters. The van der Waals surface area contributed by atoms with Crippen molar-refractivity contribution in [2.45, 2.75) is 13.5 Å². The Morgan fingerprint density at radius 1 is 1.30 bits per heavy atom. The quantitative estimate of drug-likeness (QED) is 0.854. The number of halogens is 3. The number of aromatic nitrogens is 1. The van der Waals surface area contributed by atoms with E-state index in [1.54, 1.807) is 6.07 Å². The molecule has 1 heterocycles. The highest BCUT2D eigenvalue weighted by Gasteiger charge is 2.13. The fourth-order valence-corrected chi connectivity index (χ4v) is 2.13. The molecular weight excluding hydrogens is 330 g/mol. The average Bonchev–Trinajstić information content (AvgIpc) is 2.39. The first-order valence-electron chi connectivity index (χ1n) is 5.94. The number of nitrogens with zero attached hydrogens (tertiary/aromatic N) is 1. The Labute approximate surface area is 124 Å². The van der Waals surface area contributed by atoms with E-state index in [0.717, 1.165) is 17.3 Å². The Morgan fingerprint density at radius 2 is 2.05 bits per heavy atom. The van der Waals surface area contributed by atoms with Crippen LogP contribution in [0.2, 0.25) is 0 Å². The van der Waals surface area contributed by atoms with Crippen molar-refractivity contribution in [1.82, 2.24) is 10.3 Å². The first-order valence-corrected chi connectivity index (χ1v) is 6.74. The van der Waals surface area contributed by atoms with E-state index in [1.807, 2.05) is 20.0 Å². The molecule has 1 aromatic carbocycles. The van der Waals surface area contributed by atoms with E-state index >= 15 is 0 Å². The van der Waals surface area contributed by atoms with Crippen LogP contribution in [0.15, 0.2) is 28.7 Å². The second-order valence-corrected chi connectivity index (χ2v) is 5.14. The SMILES string of the molecule is CNCc1ccc(Oc2cc(Br)cc(F)c2F)nc1C. The summed E-state index contributed by atoms with van der Waals surface area (Å²) in [5.41, 5.74) is 1.79. The predicted molar refractivity (Wildman–Crippen MR) is 75.9 cm³/mol. The van der Waals surface area contributed by atoms with Crippen molar-refractivity contribution < 1.29 is 13.5 Å². The van der Waals surface area contributed by atoms with Gasteiger partial charge in [-0.05, 0) is 31.7 Å². The van der Waals surface area contributed by atoms with Crippen molar-refractivity contribution in [3.05, 3.63) is 51.6 Å². The van der Waals surface area contributed by atoms with Crippen molar-refractivity contribution >= 4 is 15.9 Å². The second kappa shape index (κ2) is 6.28. The number of ether oxygens (including phenoxy) is 1. The van der Waals surface area contributed by atoms with Crippen LogP contribution in [0.25, 0.3) is 0 Å². The molecule has 0 atom stereocenters. The molecule has 0 radical (unpaired) electrons. The molecule has 0 amide bonds. The van der Waals surface area contributed by atoms with Gasteiger partial charge in [0.2, 0.25) is 11.7 Å². The molecule has 1 N–H and O–H groups in total. The summed E-state index contributed by atoms with van der Waals surface area (Å²) in [4.78, 5) is 4.22. The van der Waals surface area contributed by atoms with E-state index in [0.29, 0.717) is 11.0 Å². The minimum atomic E-state index is -1.04. The van der Waals surface area contributed by atoms with Gasteiger partial charge in [-0.2, -0.15) is 4.39 Å². The lowest BCUT2D eigenvalue weighted by Gasteiger charge is -2.10. The summed E-state index contributed by atoms with van der Waals surface area (Å²) in [5, 5.41) is 3.02. The van der Waals surface area contributed by atoms with Crippen molar-refractivity contribution in [1.29, 1.82) is 0 Å². The molecule has 106 valence electrons. The Hall–Kier alpha value is -1.53. The lowest BCUT2D eigenvalue weighted by atomic mass is 10.2. The molecule has 20 heavy (non-hydrogen) atoms. The van der Waals surface area contributed by atoms with Crippen molar-refractivity contribution in [2.75, 3.05) is 7.05 Å². The van der Waals surface area contributed by atoms with Crippen LogP contribution in [0.1, 0.15) is 11.3 Å². The molecule has 0 spiro atoms. The molecule has 0 fully saturated rings. The van der Waals surface area contributed by atoms with Gasteiger partial charge in [-0.25, -0.2) is 9.37 Å². The maximum atomic E-state index is 13.6. The van der Waals surface area contributed by atoms with Crippen LogP contribution in [-0.4, -0.2) is 12.0 Å². The minimum Gasteiger partial charge on any atom is -0.436 e. The molecule has 6 heteroatoms.